The lowest BCUT2D eigenvalue weighted by Crippen LogP contribution is -2.28. The van der Waals surface area contributed by atoms with Crippen LogP contribution in [-0.2, 0) is 0 Å². The Labute approximate surface area is 115 Å². The number of hydrogen-bond donors (Lipinski definition) is 1. The van der Waals surface area contributed by atoms with Crippen LogP contribution >= 0.6 is 0 Å². The summed E-state index contributed by atoms with van der Waals surface area (Å²) in [6.45, 7) is 6.66. The smallest absolute Gasteiger partial charge is 0.0570 e. The number of pyridine rings is 1. The van der Waals surface area contributed by atoms with Gasteiger partial charge in [0.15, 0.2) is 0 Å². The molecule has 0 spiro atoms. The minimum absolute atomic E-state index is 0.244. The van der Waals surface area contributed by atoms with Crippen LogP contribution in [0.3, 0.4) is 0 Å². The van der Waals surface area contributed by atoms with Gasteiger partial charge in [0.25, 0.3) is 0 Å². The molecule has 100 valence electrons. The lowest BCUT2D eigenvalue weighted by molar-refractivity contribution is 0.371. The highest BCUT2D eigenvalue weighted by Crippen LogP contribution is 2.24. The van der Waals surface area contributed by atoms with Crippen molar-refractivity contribution in [2.75, 3.05) is 0 Å². The van der Waals surface area contributed by atoms with Gasteiger partial charge < -0.3 is 5.32 Å². The van der Waals surface area contributed by atoms with E-state index in [1.165, 1.54) is 5.56 Å². The molecule has 2 heteroatoms. The Balaban J connectivity index is 2.14. The summed E-state index contributed by atoms with van der Waals surface area (Å²) < 4.78 is 0. The van der Waals surface area contributed by atoms with Crippen molar-refractivity contribution in [2.24, 2.45) is 5.92 Å². The Morgan fingerprint density at radius 2 is 1.58 bits per heavy atom. The second kappa shape index (κ2) is 6.48. The number of nitrogens with one attached hydrogen (secondary N) is 1. The molecule has 0 saturated heterocycles. The molecule has 2 atom stereocenters. The molecule has 2 rings (SSSR count). The van der Waals surface area contributed by atoms with E-state index in [0.717, 1.165) is 5.69 Å². The third-order valence-electron chi connectivity index (χ3n) is 3.39. The molecular weight excluding hydrogens is 232 g/mol. The van der Waals surface area contributed by atoms with E-state index in [9.17, 15) is 0 Å². The molecule has 0 saturated carbocycles. The third-order valence-corrected chi connectivity index (χ3v) is 3.39. The summed E-state index contributed by atoms with van der Waals surface area (Å²) in [6.07, 6.45) is 1.85. The Hall–Kier alpha value is -1.67. The molecule has 2 aromatic rings. The number of nitrogens with zero attached hydrogens (tertiary/aromatic N) is 1. The Morgan fingerprint density at radius 3 is 2.16 bits per heavy atom. The van der Waals surface area contributed by atoms with Crippen molar-refractivity contribution in [3.63, 3.8) is 0 Å². The average molecular weight is 254 g/mol. The van der Waals surface area contributed by atoms with E-state index in [2.05, 4.69) is 67.5 Å². The molecule has 0 amide bonds. The SMILES string of the molecule is CC(C)C(N[C@@H](C)c1ccccn1)c1ccccc1. The van der Waals surface area contributed by atoms with Gasteiger partial charge in [-0.05, 0) is 30.5 Å². The third kappa shape index (κ3) is 3.65. The summed E-state index contributed by atoms with van der Waals surface area (Å²) in [5.74, 6) is 0.536. The topological polar surface area (TPSA) is 24.9 Å². The van der Waals surface area contributed by atoms with Gasteiger partial charge in [-0.3, -0.25) is 4.98 Å². The molecule has 1 aromatic heterocycles. The number of rotatable bonds is 5. The van der Waals surface area contributed by atoms with Crippen LogP contribution in [0.5, 0.6) is 0 Å². The van der Waals surface area contributed by atoms with Gasteiger partial charge in [0.2, 0.25) is 0 Å². The summed E-state index contributed by atoms with van der Waals surface area (Å²) in [5.41, 5.74) is 2.42. The number of benzene rings is 1. The van der Waals surface area contributed by atoms with Gasteiger partial charge in [-0.25, -0.2) is 0 Å². The van der Waals surface area contributed by atoms with Crippen molar-refractivity contribution >= 4 is 0 Å². The fourth-order valence-electron chi connectivity index (χ4n) is 2.32. The minimum Gasteiger partial charge on any atom is -0.302 e. The van der Waals surface area contributed by atoms with E-state index in [-0.39, 0.29) is 6.04 Å². The van der Waals surface area contributed by atoms with Gasteiger partial charge >= 0.3 is 0 Å². The lowest BCUT2D eigenvalue weighted by atomic mass is 9.95. The first-order valence-corrected chi connectivity index (χ1v) is 6.90. The van der Waals surface area contributed by atoms with Crippen molar-refractivity contribution in [3.8, 4) is 0 Å². The van der Waals surface area contributed by atoms with E-state index in [1.807, 2.05) is 18.3 Å². The van der Waals surface area contributed by atoms with Crippen LogP contribution in [0, 0.1) is 5.92 Å². The molecule has 0 radical (unpaired) electrons. The Kier molecular flexibility index (Phi) is 4.69. The van der Waals surface area contributed by atoms with Gasteiger partial charge in [0.05, 0.1) is 5.69 Å². The Morgan fingerprint density at radius 1 is 0.895 bits per heavy atom. The quantitative estimate of drug-likeness (QED) is 0.867. The first-order chi connectivity index (χ1) is 9.18. The molecule has 1 aromatic carbocycles. The van der Waals surface area contributed by atoms with E-state index in [4.69, 9.17) is 0 Å². The van der Waals surface area contributed by atoms with Crippen LogP contribution in [0.4, 0.5) is 0 Å². The number of hydrogen-bond acceptors (Lipinski definition) is 2. The molecule has 1 N–H and O–H groups in total. The van der Waals surface area contributed by atoms with Crippen molar-refractivity contribution in [1.29, 1.82) is 0 Å². The first kappa shape index (κ1) is 13.8. The average Bonchev–Trinajstić information content (AvgIpc) is 2.46. The Bertz CT molecular complexity index is 479. The summed E-state index contributed by atoms with van der Waals surface area (Å²) in [5, 5.41) is 3.69. The van der Waals surface area contributed by atoms with Crippen LogP contribution in [0.15, 0.2) is 54.7 Å². The monoisotopic (exact) mass is 254 g/mol. The molecule has 2 nitrogen and oxygen atoms in total. The molecule has 0 aliphatic carbocycles. The zero-order valence-electron chi connectivity index (χ0n) is 11.9. The van der Waals surface area contributed by atoms with Crippen LogP contribution in [-0.4, -0.2) is 4.98 Å². The molecule has 0 fully saturated rings. The molecule has 19 heavy (non-hydrogen) atoms. The van der Waals surface area contributed by atoms with Crippen molar-refractivity contribution in [3.05, 3.63) is 66.0 Å². The maximum Gasteiger partial charge on any atom is 0.0570 e. The summed E-state index contributed by atoms with van der Waals surface area (Å²) in [4.78, 5) is 4.42. The zero-order valence-corrected chi connectivity index (χ0v) is 11.9. The molecule has 1 unspecified atom stereocenters. The van der Waals surface area contributed by atoms with Gasteiger partial charge in [0.1, 0.15) is 0 Å². The molecule has 0 aliphatic rings. The summed E-state index contributed by atoms with van der Waals surface area (Å²) in [6, 6.07) is 17.3. The normalized spacial score (nSPS) is 14.3. The van der Waals surface area contributed by atoms with Crippen LogP contribution in [0.25, 0.3) is 0 Å². The fourth-order valence-corrected chi connectivity index (χ4v) is 2.32. The van der Waals surface area contributed by atoms with Crippen LogP contribution in [0.2, 0.25) is 0 Å². The van der Waals surface area contributed by atoms with Gasteiger partial charge in [-0.15, -0.1) is 0 Å². The van der Waals surface area contributed by atoms with Gasteiger partial charge in [-0.2, -0.15) is 0 Å². The number of aromatic nitrogens is 1. The highest BCUT2D eigenvalue weighted by atomic mass is 15.0. The zero-order chi connectivity index (χ0) is 13.7. The summed E-state index contributed by atoms with van der Waals surface area (Å²) >= 11 is 0. The molecule has 0 aliphatic heterocycles. The van der Waals surface area contributed by atoms with Crippen LogP contribution < -0.4 is 5.32 Å². The minimum atomic E-state index is 0.244. The van der Waals surface area contributed by atoms with E-state index >= 15 is 0 Å². The fraction of sp³-hybridized carbons (Fsp3) is 0.353. The lowest BCUT2D eigenvalue weighted by Gasteiger charge is -2.26. The highest BCUT2D eigenvalue weighted by molar-refractivity contribution is 5.20. The molecular formula is C17H22N2. The first-order valence-electron chi connectivity index (χ1n) is 6.90. The highest BCUT2D eigenvalue weighted by Gasteiger charge is 2.18. The molecule has 1 heterocycles. The van der Waals surface area contributed by atoms with Gasteiger partial charge in [-0.1, -0.05) is 50.2 Å². The molecule has 0 bridgehead atoms. The summed E-state index contributed by atoms with van der Waals surface area (Å²) in [7, 11) is 0. The second-order valence-corrected chi connectivity index (χ2v) is 5.28. The predicted octanol–water partition coefficient (Wildman–Crippen LogP) is 4.13. The maximum atomic E-state index is 4.42. The second-order valence-electron chi connectivity index (χ2n) is 5.28. The van der Waals surface area contributed by atoms with E-state index in [1.54, 1.807) is 0 Å². The van der Waals surface area contributed by atoms with Crippen molar-refractivity contribution in [1.82, 2.24) is 10.3 Å². The van der Waals surface area contributed by atoms with Crippen LogP contribution in [0.1, 0.15) is 44.1 Å². The van der Waals surface area contributed by atoms with E-state index in [0.29, 0.717) is 12.0 Å². The maximum absolute atomic E-state index is 4.42. The largest absolute Gasteiger partial charge is 0.302 e. The standard InChI is InChI=1S/C17H22N2/c1-13(2)17(15-9-5-4-6-10-15)19-14(3)16-11-7-8-12-18-16/h4-14,17,19H,1-3H3/t14-,17?/m0/s1. The van der Waals surface area contributed by atoms with Crippen molar-refractivity contribution in [2.45, 2.75) is 32.9 Å². The van der Waals surface area contributed by atoms with Crippen molar-refractivity contribution < 1.29 is 0 Å². The van der Waals surface area contributed by atoms with E-state index < -0.39 is 0 Å². The predicted molar refractivity (Wildman–Crippen MR) is 79.8 cm³/mol. The van der Waals surface area contributed by atoms with Gasteiger partial charge in [0, 0.05) is 18.3 Å².